The summed E-state index contributed by atoms with van der Waals surface area (Å²) < 4.78 is 5.34. The van der Waals surface area contributed by atoms with Gasteiger partial charge < -0.3 is 19.9 Å². The summed E-state index contributed by atoms with van der Waals surface area (Å²) in [5, 5.41) is 3.18. The average molecular weight is 430 g/mol. The number of piperidine rings is 2. The fraction of sp³-hybridized carbons (Fsp3) is 0.680. The molecule has 6 heteroatoms. The maximum absolute atomic E-state index is 12.1. The molecule has 1 aromatic carbocycles. The van der Waals surface area contributed by atoms with Crippen LogP contribution in [0.15, 0.2) is 24.3 Å². The molecule has 2 heterocycles. The van der Waals surface area contributed by atoms with Crippen molar-refractivity contribution in [2.45, 2.75) is 70.4 Å². The van der Waals surface area contributed by atoms with Gasteiger partial charge in [0.05, 0.1) is 12.1 Å². The molecule has 0 aromatic heterocycles. The Morgan fingerprint density at radius 3 is 2.48 bits per heavy atom. The number of ether oxygens (including phenoxy) is 1. The quantitative estimate of drug-likeness (QED) is 0.783. The second kappa shape index (κ2) is 9.19. The normalized spacial score (nSPS) is 23.7. The smallest absolute Gasteiger partial charge is 0.410 e. The molecule has 2 aliphatic heterocycles. The lowest BCUT2D eigenvalue weighted by molar-refractivity contribution is -0.119. The molecule has 1 aromatic rings. The lowest BCUT2D eigenvalue weighted by Gasteiger charge is -2.42. The second-order valence-corrected chi connectivity index (χ2v) is 9.99. The lowest BCUT2D eigenvalue weighted by Crippen LogP contribution is -2.46. The van der Waals surface area contributed by atoms with Gasteiger partial charge in [0, 0.05) is 33.4 Å². The van der Waals surface area contributed by atoms with E-state index in [0.717, 1.165) is 64.8 Å². The number of amides is 2. The predicted molar refractivity (Wildman–Crippen MR) is 123 cm³/mol. The minimum atomic E-state index is -0.165. The summed E-state index contributed by atoms with van der Waals surface area (Å²) in [7, 11) is 0. The van der Waals surface area contributed by atoms with E-state index in [1.165, 1.54) is 11.1 Å². The van der Waals surface area contributed by atoms with Crippen molar-refractivity contribution in [3.05, 3.63) is 35.4 Å². The van der Waals surface area contributed by atoms with Gasteiger partial charge in [-0.1, -0.05) is 24.3 Å². The molecule has 6 nitrogen and oxygen atoms in total. The molecule has 4 rings (SSSR count). The summed E-state index contributed by atoms with van der Waals surface area (Å²) in [6, 6.07) is 8.84. The summed E-state index contributed by atoms with van der Waals surface area (Å²) in [4.78, 5) is 28.3. The zero-order valence-electron chi connectivity index (χ0n) is 19.2. The Bertz CT molecular complexity index is 799. The van der Waals surface area contributed by atoms with Gasteiger partial charge >= 0.3 is 6.09 Å². The van der Waals surface area contributed by atoms with E-state index in [1.807, 2.05) is 18.7 Å². The minimum Gasteiger partial charge on any atom is -0.447 e. The maximum Gasteiger partial charge on any atom is 0.410 e. The number of hydrogen-bond donors (Lipinski definition) is 1. The number of benzene rings is 1. The average Bonchev–Trinajstić information content (AvgIpc) is 3.03. The van der Waals surface area contributed by atoms with Crippen molar-refractivity contribution in [3.63, 3.8) is 0 Å². The minimum absolute atomic E-state index is 0. The fourth-order valence-corrected chi connectivity index (χ4v) is 5.85. The van der Waals surface area contributed by atoms with Crippen molar-refractivity contribution >= 4 is 12.0 Å². The van der Waals surface area contributed by atoms with Crippen molar-refractivity contribution in [3.8, 4) is 0 Å². The van der Waals surface area contributed by atoms with Crippen LogP contribution in [0.25, 0.3) is 0 Å². The molecule has 172 valence electrons. The Hall–Kier alpha value is -2.08. The van der Waals surface area contributed by atoms with Crippen LogP contribution in [0.2, 0.25) is 0 Å². The lowest BCUT2D eigenvalue weighted by atomic mass is 9.73. The molecule has 2 saturated heterocycles. The number of nitrogens with zero attached hydrogens (tertiary/aromatic N) is 2. The first-order valence-electron chi connectivity index (χ1n) is 11.9. The Kier molecular flexibility index (Phi) is 6.56. The summed E-state index contributed by atoms with van der Waals surface area (Å²) in [5.41, 5.74) is 2.96. The van der Waals surface area contributed by atoms with Crippen molar-refractivity contribution in [1.82, 2.24) is 15.1 Å². The molecule has 0 saturated carbocycles. The van der Waals surface area contributed by atoms with Gasteiger partial charge in [0.15, 0.2) is 0 Å². The first-order valence-corrected chi connectivity index (χ1v) is 11.9. The van der Waals surface area contributed by atoms with Gasteiger partial charge in [0.25, 0.3) is 0 Å². The molecule has 31 heavy (non-hydrogen) atoms. The molecular weight excluding hydrogens is 390 g/mol. The SMILES string of the molecule is CC(=O)N[C@H]1CC2(CCN(CC3CCN(C(=O)OC(C)C)CC3)CC2)c2ccccc21.[HH]. The van der Waals surface area contributed by atoms with Crippen LogP contribution >= 0.6 is 0 Å². The third kappa shape index (κ3) is 4.89. The monoisotopic (exact) mass is 429 g/mol. The number of carbonyl (C=O) groups excluding carboxylic acids is 2. The predicted octanol–water partition coefficient (Wildman–Crippen LogP) is 4.10. The Morgan fingerprint density at radius 1 is 1.16 bits per heavy atom. The summed E-state index contributed by atoms with van der Waals surface area (Å²) >= 11 is 0. The van der Waals surface area contributed by atoms with Crippen LogP contribution in [0, 0.1) is 5.92 Å². The van der Waals surface area contributed by atoms with E-state index < -0.39 is 0 Å². The van der Waals surface area contributed by atoms with Gasteiger partial charge in [-0.15, -0.1) is 0 Å². The highest BCUT2D eigenvalue weighted by molar-refractivity contribution is 5.74. The van der Waals surface area contributed by atoms with E-state index in [-0.39, 0.29) is 31.0 Å². The summed E-state index contributed by atoms with van der Waals surface area (Å²) in [6.45, 7) is 10.4. The van der Waals surface area contributed by atoms with Crippen LogP contribution < -0.4 is 5.32 Å². The van der Waals surface area contributed by atoms with E-state index in [2.05, 4.69) is 34.5 Å². The van der Waals surface area contributed by atoms with Crippen molar-refractivity contribution < 1.29 is 15.8 Å². The van der Waals surface area contributed by atoms with E-state index in [9.17, 15) is 9.59 Å². The van der Waals surface area contributed by atoms with Crippen LogP contribution in [-0.2, 0) is 14.9 Å². The van der Waals surface area contributed by atoms with Crippen LogP contribution in [-0.4, -0.2) is 60.6 Å². The van der Waals surface area contributed by atoms with E-state index >= 15 is 0 Å². The van der Waals surface area contributed by atoms with Gasteiger partial charge in [-0.05, 0) is 76.1 Å². The fourth-order valence-electron chi connectivity index (χ4n) is 5.85. The van der Waals surface area contributed by atoms with E-state index in [1.54, 1.807) is 6.92 Å². The molecule has 0 radical (unpaired) electrons. The van der Waals surface area contributed by atoms with Crippen molar-refractivity contribution in [2.75, 3.05) is 32.7 Å². The molecule has 1 N–H and O–H groups in total. The highest BCUT2D eigenvalue weighted by Crippen LogP contribution is 2.50. The van der Waals surface area contributed by atoms with Crippen LogP contribution in [0.4, 0.5) is 4.79 Å². The van der Waals surface area contributed by atoms with Crippen LogP contribution in [0.3, 0.4) is 0 Å². The van der Waals surface area contributed by atoms with Crippen molar-refractivity contribution in [2.24, 2.45) is 5.92 Å². The number of likely N-dealkylation sites (tertiary alicyclic amines) is 2. The number of hydrogen-bond acceptors (Lipinski definition) is 4. The molecule has 3 aliphatic rings. The maximum atomic E-state index is 12.1. The molecule has 1 atom stereocenters. The number of carbonyl (C=O) groups is 2. The van der Waals surface area contributed by atoms with E-state index in [0.29, 0.717) is 5.92 Å². The topological polar surface area (TPSA) is 61.9 Å². The zero-order valence-corrected chi connectivity index (χ0v) is 19.2. The van der Waals surface area contributed by atoms with Gasteiger partial charge in [-0.25, -0.2) is 4.79 Å². The third-order valence-electron chi connectivity index (χ3n) is 7.42. The molecule has 0 unspecified atom stereocenters. The highest BCUT2D eigenvalue weighted by Gasteiger charge is 2.45. The molecule has 1 aliphatic carbocycles. The zero-order chi connectivity index (χ0) is 22.0. The second-order valence-electron chi connectivity index (χ2n) is 9.99. The van der Waals surface area contributed by atoms with Crippen LogP contribution in [0.5, 0.6) is 0 Å². The standard InChI is InChI=1S/C25H37N3O3.H2/c1-18(2)31-24(30)28-12-8-20(9-13-28)17-27-14-10-25(11-15-27)16-23(26-19(3)29)21-6-4-5-7-22(21)25;/h4-7,18,20,23H,8-17H2,1-3H3,(H,26,29);1H/t23-;/m0./s1. The van der Waals surface area contributed by atoms with Gasteiger partial charge in [0.2, 0.25) is 5.91 Å². The highest BCUT2D eigenvalue weighted by atomic mass is 16.6. The Morgan fingerprint density at radius 2 is 1.84 bits per heavy atom. The molecule has 2 amide bonds. The molecular formula is C25H39N3O3. The first kappa shape index (κ1) is 22.1. The number of rotatable bonds is 4. The van der Waals surface area contributed by atoms with Gasteiger partial charge in [-0.3, -0.25) is 4.79 Å². The Balaban J connectivity index is 0.00000289. The van der Waals surface area contributed by atoms with Gasteiger partial charge in [0.1, 0.15) is 0 Å². The third-order valence-corrected chi connectivity index (χ3v) is 7.42. The number of nitrogens with one attached hydrogen (secondary N) is 1. The van der Waals surface area contributed by atoms with Gasteiger partial charge in [-0.2, -0.15) is 0 Å². The van der Waals surface area contributed by atoms with Crippen molar-refractivity contribution in [1.29, 1.82) is 0 Å². The van der Waals surface area contributed by atoms with Crippen LogP contribution in [0.1, 0.15) is 71.5 Å². The summed E-state index contributed by atoms with van der Waals surface area (Å²) in [5.74, 6) is 0.707. The largest absolute Gasteiger partial charge is 0.447 e. The Labute approximate surface area is 187 Å². The summed E-state index contributed by atoms with van der Waals surface area (Å²) in [6.07, 6.45) is 5.22. The molecule has 1 spiro atoms. The molecule has 0 bridgehead atoms. The number of fused-ring (bicyclic) bond motifs is 2. The van der Waals surface area contributed by atoms with E-state index in [4.69, 9.17) is 4.74 Å². The first-order chi connectivity index (χ1) is 14.9. The molecule has 2 fully saturated rings.